The lowest BCUT2D eigenvalue weighted by Crippen LogP contribution is -2.32. The lowest BCUT2D eigenvalue weighted by atomic mass is 10.4. The Bertz CT molecular complexity index is 128. The highest BCUT2D eigenvalue weighted by molar-refractivity contribution is 7.80. The summed E-state index contributed by atoms with van der Waals surface area (Å²) in [6.07, 6.45) is 0.625. The fourth-order valence-corrected chi connectivity index (χ4v) is 0.945. The van der Waals surface area contributed by atoms with Crippen molar-refractivity contribution in [3.8, 4) is 0 Å². The quantitative estimate of drug-likeness (QED) is 0.390. The van der Waals surface area contributed by atoms with Crippen molar-refractivity contribution in [3.63, 3.8) is 0 Å². The number of carbonyl (C=O) groups excluding carboxylic acids is 1. The summed E-state index contributed by atoms with van der Waals surface area (Å²) in [6.45, 7) is 1.41. The van der Waals surface area contributed by atoms with E-state index < -0.39 is 0 Å². The van der Waals surface area contributed by atoms with Crippen LogP contribution in [0.15, 0.2) is 0 Å². The molecule has 0 aromatic rings. The van der Waals surface area contributed by atoms with Crippen LogP contribution in [-0.4, -0.2) is 36.9 Å². The highest BCUT2D eigenvalue weighted by atomic mass is 32.1. The van der Waals surface area contributed by atoms with Gasteiger partial charge in [-0.25, -0.2) is 0 Å². The first-order valence-corrected chi connectivity index (χ1v) is 4.15. The van der Waals surface area contributed by atoms with Gasteiger partial charge in [-0.15, -0.1) is 0 Å². The van der Waals surface area contributed by atoms with Crippen LogP contribution in [0.3, 0.4) is 0 Å². The van der Waals surface area contributed by atoms with Gasteiger partial charge >= 0.3 is 5.97 Å². The molecule has 4 heteroatoms. The maximum Gasteiger partial charge on any atom is 0.304 e. The molecule has 0 amide bonds. The predicted octanol–water partition coefficient (Wildman–Crippen LogP) is 0.757. The fraction of sp³-hybridized carbons (Fsp3) is 0.857. The zero-order valence-electron chi connectivity index (χ0n) is 7.20. The average molecular weight is 177 g/mol. The molecule has 0 radical (unpaired) electrons. The van der Waals surface area contributed by atoms with Crippen molar-refractivity contribution in [2.24, 2.45) is 0 Å². The number of rotatable bonds is 4. The van der Waals surface area contributed by atoms with Gasteiger partial charge in [0.25, 0.3) is 0 Å². The molecule has 11 heavy (non-hydrogen) atoms. The maximum atomic E-state index is 10.6. The van der Waals surface area contributed by atoms with Crippen molar-refractivity contribution in [2.45, 2.75) is 19.6 Å². The Kier molecular flexibility index (Phi) is 5.32. The predicted molar refractivity (Wildman–Crippen MR) is 47.7 cm³/mol. The molecule has 0 aliphatic heterocycles. The summed E-state index contributed by atoms with van der Waals surface area (Å²) in [5.74, 6) is 0.473. The smallest absolute Gasteiger partial charge is 0.304 e. The molecule has 1 unspecified atom stereocenters. The van der Waals surface area contributed by atoms with Crippen molar-refractivity contribution in [1.29, 1.82) is 0 Å². The van der Waals surface area contributed by atoms with Crippen LogP contribution < -0.4 is 0 Å². The van der Waals surface area contributed by atoms with E-state index in [0.717, 1.165) is 12.2 Å². The third-order valence-corrected chi connectivity index (χ3v) is 1.51. The Morgan fingerprint density at radius 1 is 1.64 bits per heavy atom. The molecule has 0 saturated carbocycles. The minimum absolute atomic E-state index is 0.134. The second-order valence-electron chi connectivity index (χ2n) is 2.54. The summed E-state index contributed by atoms with van der Waals surface area (Å²) in [6, 6.07) is 0. The highest BCUT2D eigenvalue weighted by Gasteiger charge is 2.12. The molecule has 0 aliphatic rings. The first-order chi connectivity index (χ1) is 5.07. The van der Waals surface area contributed by atoms with Crippen molar-refractivity contribution in [1.82, 2.24) is 4.90 Å². The van der Waals surface area contributed by atoms with Gasteiger partial charge in [-0.2, -0.15) is 12.6 Å². The van der Waals surface area contributed by atoms with E-state index in [2.05, 4.69) is 12.6 Å². The monoisotopic (exact) mass is 177 g/mol. The molecule has 0 rings (SSSR count). The molecule has 0 fully saturated rings. The molecule has 3 nitrogen and oxygen atoms in total. The van der Waals surface area contributed by atoms with E-state index in [1.807, 2.05) is 19.0 Å². The van der Waals surface area contributed by atoms with E-state index in [1.54, 1.807) is 0 Å². The molecule has 0 saturated heterocycles. The largest absolute Gasteiger partial charge is 0.447 e. The SMILES string of the molecule is CC(=O)OC(CCS)N(C)C. The van der Waals surface area contributed by atoms with Gasteiger partial charge in [-0.3, -0.25) is 9.69 Å². The van der Waals surface area contributed by atoms with E-state index in [9.17, 15) is 4.79 Å². The lowest BCUT2D eigenvalue weighted by molar-refractivity contribution is -0.154. The number of esters is 1. The minimum Gasteiger partial charge on any atom is -0.447 e. The summed E-state index contributed by atoms with van der Waals surface area (Å²) in [4.78, 5) is 12.4. The Morgan fingerprint density at radius 3 is 2.45 bits per heavy atom. The number of hydrogen-bond acceptors (Lipinski definition) is 4. The van der Waals surface area contributed by atoms with Crippen LogP contribution in [-0.2, 0) is 9.53 Å². The van der Waals surface area contributed by atoms with Crippen LogP contribution in [0.25, 0.3) is 0 Å². The summed E-state index contributed by atoms with van der Waals surface area (Å²) in [5, 5.41) is 0. The van der Waals surface area contributed by atoms with Crippen molar-refractivity contribution < 1.29 is 9.53 Å². The minimum atomic E-state index is -0.245. The molecule has 0 aliphatic carbocycles. The normalized spacial score (nSPS) is 13.2. The third kappa shape index (κ3) is 5.09. The molecule has 66 valence electrons. The van der Waals surface area contributed by atoms with Crippen molar-refractivity contribution >= 4 is 18.6 Å². The molecule has 0 aromatic heterocycles. The number of hydrogen-bond donors (Lipinski definition) is 1. The number of ether oxygens (including phenoxy) is 1. The highest BCUT2D eigenvalue weighted by Crippen LogP contribution is 2.02. The molecule has 0 aromatic carbocycles. The van der Waals surface area contributed by atoms with E-state index in [-0.39, 0.29) is 12.2 Å². The van der Waals surface area contributed by atoms with Gasteiger partial charge in [0.15, 0.2) is 6.23 Å². The van der Waals surface area contributed by atoms with Gasteiger partial charge in [0, 0.05) is 13.3 Å². The fourth-order valence-electron chi connectivity index (χ4n) is 0.725. The second-order valence-corrected chi connectivity index (χ2v) is 2.99. The first kappa shape index (κ1) is 10.8. The molecule has 0 heterocycles. The topological polar surface area (TPSA) is 29.5 Å². The Morgan fingerprint density at radius 2 is 2.18 bits per heavy atom. The number of nitrogens with zero attached hydrogens (tertiary/aromatic N) is 1. The summed E-state index contributed by atoms with van der Waals surface area (Å²) in [7, 11) is 3.74. The standard InChI is InChI=1S/C7H15NO2S/c1-6(9)10-7(4-5-11)8(2)3/h7,11H,4-5H2,1-3H3. The van der Waals surface area contributed by atoms with Gasteiger partial charge in [0.05, 0.1) is 0 Å². The Balaban J connectivity index is 3.79. The Labute approximate surface area is 73.1 Å². The van der Waals surface area contributed by atoms with Crippen molar-refractivity contribution in [2.75, 3.05) is 19.8 Å². The van der Waals surface area contributed by atoms with Crippen molar-refractivity contribution in [3.05, 3.63) is 0 Å². The van der Waals surface area contributed by atoms with Gasteiger partial charge < -0.3 is 4.74 Å². The molecule has 0 spiro atoms. The van der Waals surface area contributed by atoms with E-state index >= 15 is 0 Å². The van der Waals surface area contributed by atoms with Crippen LogP contribution in [0, 0.1) is 0 Å². The maximum absolute atomic E-state index is 10.6. The van der Waals surface area contributed by atoms with Crippen LogP contribution in [0.1, 0.15) is 13.3 Å². The van der Waals surface area contributed by atoms with Crippen LogP contribution >= 0.6 is 12.6 Å². The number of thiol groups is 1. The molecular weight excluding hydrogens is 162 g/mol. The molecule has 0 N–H and O–H groups in total. The van der Waals surface area contributed by atoms with Gasteiger partial charge in [-0.1, -0.05) is 0 Å². The van der Waals surface area contributed by atoms with E-state index in [4.69, 9.17) is 4.74 Å². The number of carbonyl (C=O) groups is 1. The zero-order valence-corrected chi connectivity index (χ0v) is 8.10. The first-order valence-electron chi connectivity index (χ1n) is 3.52. The average Bonchev–Trinajstić information content (AvgIpc) is 1.86. The molecular formula is C7H15NO2S. The van der Waals surface area contributed by atoms with Crippen LogP contribution in [0.2, 0.25) is 0 Å². The lowest BCUT2D eigenvalue weighted by Gasteiger charge is -2.22. The van der Waals surface area contributed by atoms with Crippen LogP contribution in [0.5, 0.6) is 0 Å². The summed E-state index contributed by atoms with van der Waals surface area (Å²) < 4.78 is 4.99. The second kappa shape index (κ2) is 5.43. The Hall–Kier alpha value is -0.220. The summed E-state index contributed by atoms with van der Waals surface area (Å²) in [5.41, 5.74) is 0. The van der Waals surface area contributed by atoms with Gasteiger partial charge in [0.2, 0.25) is 0 Å². The van der Waals surface area contributed by atoms with Gasteiger partial charge in [-0.05, 0) is 19.8 Å². The zero-order chi connectivity index (χ0) is 8.85. The molecule has 0 bridgehead atoms. The molecule has 1 atom stereocenters. The van der Waals surface area contributed by atoms with Crippen LogP contribution in [0.4, 0.5) is 0 Å². The van der Waals surface area contributed by atoms with E-state index in [1.165, 1.54) is 6.92 Å². The van der Waals surface area contributed by atoms with Gasteiger partial charge in [0.1, 0.15) is 0 Å². The third-order valence-electron chi connectivity index (χ3n) is 1.25. The summed E-state index contributed by atoms with van der Waals surface area (Å²) >= 11 is 4.06. The van der Waals surface area contributed by atoms with E-state index in [0.29, 0.717) is 0 Å².